The molecular formula is C35H39N5O7S2. The quantitative estimate of drug-likeness (QED) is 0.0957. The van der Waals surface area contributed by atoms with Gasteiger partial charge in [0.15, 0.2) is 16.9 Å². The van der Waals surface area contributed by atoms with Crippen molar-refractivity contribution in [3.63, 3.8) is 0 Å². The molecule has 2 amide bonds. The first-order chi connectivity index (χ1) is 23.1. The van der Waals surface area contributed by atoms with Crippen molar-refractivity contribution in [2.24, 2.45) is 10.6 Å². The maximum Gasteiger partial charge on any atom is 0.353 e. The number of anilines is 1. The van der Waals surface area contributed by atoms with Crippen molar-refractivity contribution < 1.29 is 33.5 Å². The van der Waals surface area contributed by atoms with Gasteiger partial charge in [-0.25, -0.2) is 9.78 Å². The fourth-order valence-electron chi connectivity index (χ4n) is 5.14. The average Bonchev–Trinajstić information content (AvgIpc) is 3.51. The molecule has 14 heteroatoms. The highest BCUT2D eigenvalue weighted by Gasteiger charge is 2.57. The number of nitrogens with two attached hydrogens (primary N) is 1. The van der Waals surface area contributed by atoms with Crippen molar-refractivity contribution in [1.29, 1.82) is 0 Å². The molecule has 0 saturated carbocycles. The van der Waals surface area contributed by atoms with Crippen LogP contribution in [0.4, 0.5) is 5.13 Å². The van der Waals surface area contributed by atoms with E-state index in [1.807, 2.05) is 60.7 Å². The monoisotopic (exact) mass is 705 g/mol. The molecule has 5 rings (SSSR count). The summed E-state index contributed by atoms with van der Waals surface area (Å²) in [6.07, 6.45) is 0.875. The van der Waals surface area contributed by atoms with Crippen molar-refractivity contribution >= 4 is 57.7 Å². The van der Waals surface area contributed by atoms with Crippen LogP contribution in [0.3, 0.4) is 0 Å². The lowest BCUT2D eigenvalue weighted by atomic mass is 9.87. The molecule has 3 N–H and O–H groups in total. The predicted octanol–water partition coefficient (Wildman–Crippen LogP) is 4.47. The zero-order valence-electron chi connectivity index (χ0n) is 27.9. The number of carbonyl (C=O) groups excluding carboxylic acids is 4. The summed E-state index contributed by atoms with van der Waals surface area (Å²) in [5.41, 5.74) is 3.77. The second kappa shape index (κ2) is 14.0. The van der Waals surface area contributed by atoms with E-state index in [9.17, 15) is 19.2 Å². The Bertz CT molecular complexity index is 1720. The van der Waals surface area contributed by atoms with Crippen LogP contribution >= 0.6 is 23.1 Å². The van der Waals surface area contributed by atoms with E-state index >= 15 is 0 Å². The number of thiazole rings is 1. The smallest absolute Gasteiger partial charge is 0.353 e. The highest BCUT2D eigenvalue weighted by Crippen LogP contribution is 2.44. The van der Waals surface area contributed by atoms with Crippen molar-refractivity contribution in [2.75, 3.05) is 18.0 Å². The van der Waals surface area contributed by atoms with E-state index in [2.05, 4.69) is 22.0 Å². The van der Waals surface area contributed by atoms with Gasteiger partial charge in [0.05, 0.1) is 0 Å². The van der Waals surface area contributed by atoms with Gasteiger partial charge in [-0.3, -0.25) is 14.4 Å². The van der Waals surface area contributed by atoms with E-state index in [4.69, 9.17) is 20.0 Å². The normalized spacial score (nSPS) is 20.9. The van der Waals surface area contributed by atoms with Gasteiger partial charge >= 0.3 is 11.9 Å². The second-order valence-electron chi connectivity index (χ2n) is 13.2. The van der Waals surface area contributed by atoms with E-state index in [-0.39, 0.29) is 34.7 Å². The van der Waals surface area contributed by atoms with Gasteiger partial charge in [-0.2, -0.15) is 0 Å². The summed E-state index contributed by atoms with van der Waals surface area (Å²) in [6.45, 7) is 12.0. The minimum Gasteiger partial charge on any atom is -0.457 e. The Morgan fingerprint density at radius 2 is 1.69 bits per heavy atom. The maximum absolute atomic E-state index is 13.9. The molecule has 0 spiro atoms. The van der Waals surface area contributed by atoms with Crippen LogP contribution in [0.25, 0.3) is 0 Å². The number of thioether (sulfide) groups is 1. The van der Waals surface area contributed by atoms with Gasteiger partial charge in [-0.1, -0.05) is 71.9 Å². The summed E-state index contributed by atoms with van der Waals surface area (Å²) < 4.78 is 11.6. The van der Waals surface area contributed by atoms with Gasteiger partial charge in [0, 0.05) is 17.7 Å². The van der Waals surface area contributed by atoms with Gasteiger partial charge in [0.25, 0.3) is 5.91 Å². The van der Waals surface area contributed by atoms with Crippen LogP contribution in [0.2, 0.25) is 0 Å². The zero-order chi connectivity index (χ0) is 35.6. The number of hydrogen-bond donors (Lipinski definition) is 2. The fourth-order valence-corrected chi connectivity index (χ4v) is 7.22. The summed E-state index contributed by atoms with van der Waals surface area (Å²) in [4.78, 5) is 64.9. The number of oxime groups is 1. The zero-order valence-corrected chi connectivity index (χ0v) is 29.5. The Morgan fingerprint density at radius 1 is 1.08 bits per heavy atom. The number of amides is 2. The van der Waals surface area contributed by atoms with Crippen LogP contribution in [-0.2, 0) is 33.5 Å². The average molecular weight is 706 g/mol. The minimum atomic E-state index is -1.55. The van der Waals surface area contributed by atoms with E-state index in [0.717, 1.165) is 22.5 Å². The van der Waals surface area contributed by atoms with E-state index < -0.39 is 52.0 Å². The van der Waals surface area contributed by atoms with Crippen LogP contribution in [0.5, 0.6) is 0 Å². The third-order valence-corrected chi connectivity index (χ3v) is 10.1. The number of carbonyl (C=O) groups is 4. The Kier molecular flexibility index (Phi) is 10.2. The lowest BCUT2D eigenvalue weighted by Gasteiger charge is -2.53. The standard InChI is InChI=1S/C35H39N5O7S2/c1-7-35(31(44)45-26(21-14-10-8-11-15-21)22-16-12-9-13-17-22)19-40-28(42)25(29(40)49-20-35)38-27(41)24(23-18-48-32(36)37-23)39-47-34(5,6)30(43)46-33(2,3)4/h7-18,25-26,29H,1,19-20H2,2-6H3,(H2,36,37)(H,38,41)/t25?,29-,35?/m1/s1. The number of ether oxygens (including phenoxy) is 2. The van der Waals surface area contributed by atoms with Crippen molar-refractivity contribution in [3.8, 4) is 0 Å². The molecule has 2 saturated heterocycles. The number of nitrogens with zero attached hydrogens (tertiary/aromatic N) is 3. The molecule has 2 aromatic carbocycles. The Balaban J connectivity index is 1.30. The molecule has 12 nitrogen and oxygen atoms in total. The highest BCUT2D eigenvalue weighted by atomic mass is 32.2. The van der Waals surface area contributed by atoms with Gasteiger partial charge in [-0.05, 0) is 45.7 Å². The number of hydrogen-bond acceptors (Lipinski definition) is 12. The highest BCUT2D eigenvalue weighted by molar-refractivity contribution is 8.00. The van der Waals surface area contributed by atoms with E-state index in [1.54, 1.807) is 20.8 Å². The fraction of sp³-hybridized carbons (Fsp3) is 0.371. The number of nitrogens with one attached hydrogen (secondary N) is 1. The summed E-state index contributed by atoms with van der Waals surface area (Å²) in [6, 6.07) is 17.9. The lowest BCUT2D eigenvalue weighted by Crippen LogP contribution is -2.73. The molecule has 3 aromatic rings. The summed E-state index contributed by atoms with van der Waals surface area (Å²) >= 11 is 2.42. The summed E-state index contributed by atoms with van der Waals surface area (Å²) in [5.74, 6) is -2.07. The second-order valence-corrected chi connectivity index (χ2v) is 15.2. The molecule has 49 heavy (non-hydrogen) atoms. The first kappa shape index (κ1) is 35.6. The molecule has 0 bridgehead atoms. The number of fused-ring (bicyclic) bond motifs is 1. The number of rotatable bonds is 11. The molecule has 2 aliphatic rings. The molecular weight excluding hydrogens is 667 g/mol. The maximum atomic E-state index is 13.9. The van der Waals surface area contributed by atoms with Gasteiger partial charge in [-0.15, -0.1) is 29.7 Å². The topological polar surface area (TPSA) is 163 Å². The molecule has 2 fully saturated rings. The first-order valence-corrected chi connectivity index (χ1v) is 17.5. The predicted molar refractivity (Wildman–Crippen MR) is 187 cm³/mol. The molecule has 2 unspecified atom stereocenters. The Hall–Kier alpha value is -4.69. The van der Waals surface area contributed by atoms with Gasteiger partial charge in [0.2, 0.25) is 11.5 Å². The van der Waals surface area contributed by atoms with Crippen molar-refractivity contribution in [2.45, 2.75) is 63.3 Å². The molecule has 0 radical (unpaired) electrons. The largest absolute Gasteiger partial charge is 0.457 e. The molecule has 2 aliphatic heterocycles. The first-order valence-electron chi connectivity index (χ1n) is 15.5. The summed E-state index contributed by atoms with van der Waals surface area (Å²) in [7, 11) is 0. The Labute approximate surface area is 293 Å². The van der Waals surface area contributed by atoms with E-state index in [1.165, 1.54) is 42.0 Å². The van der Waals surface area contributed by atoms with Crippen LogP contribution in [-0.4, -0.2) is 74.3 Å². The third-order valence-electron chi connectivity index (χ3n) is 7.85. The molecule has 1 aromatic heterocycles. The Morgan fingerprint density at radius 3 is 2.22 bits per heavy atom. The number of esters is 2. The van der Waals surface area contributed by atoms with E-state index in [0.29, 0.717) is 0 Å². The van der Waals surface area contributed by atoms with Crippen LogP contribution in [0.15, 0.2) is 83.9 Å². The minimum absolute atomic E-state index is 0.0330. The SMILES string of the molecule is C=CC1(C(=O)OC(c2ccccc2)c2ccccc2)CS[C@@H]2C(NC(=O)C(=NOC(C)(C)C(=O)OC(C)(C)C)c3csc(N)n3)C(=O)N2C1. The molecule has 258 valence electrons. The van der Waals surface area contributed by atoms with Crippen LogP contribution in [0.1, 0.15) is 57.5 Å². The van der Waals surface area contributed by atoms with Crippen LogP contribution < -0.4 is 11.1 Å². The number of benzene rings is 2. The van der Waals surface area contributed by atoms with Crippen molar-refractivity contribution in [3.05, 3.63) is 95.5 Å². The molecule has 0 aliphatic carbocycles. The molecule has 3 atom stereocenters. The van der Waals surface area contributed by atoms with Gasteiger partial charge in [0.1, 0.15) is 28.1 Å². The number of nitrogen functional groups attached to an aromatic ring is 1. The number of aromatic nitrogens is 1. The number of β-lactam (4-membered cyclic amide) rings is 1. The van der Waals surface area contributed by atoms with Gasteiger partial charge < -0.3 is 30.3 Å². The molecule has 3 heterocycles. The lowest BCUT2D eigenvalue weighted by molar-refractivity contribution is -0.179. The van der Waals surface area contributed by atoms with Crippen molar-refractivity contribution in [1.82, 2.24) is 15.2 Å². The van der Waals surface area contributed by atoms with Crippen LogP contribution in [0, 0.1) is 5.41 Å². The summed E-state index contributed by atoms with van der Waals surface area (Å²) in [5, 5.41) is 7.97. The third kappa shape index (κ3) is 7.81.